The van der Waals surface area contributed by atoms with Crippen LogP contribution in [0.25, 0.3) is 0 Å². The van der Waals surface area contributed by atoms with E-state index in [1.54, 1.807) is 24.3 Å². The van der Waals surface area contributed by atoms with E-state index in [-0.39, 0.29) is 11.8 Å². The molecule has 1 aliphatic heterocycles. The number of nitrogens with zero attached hydrogens (tertiary/aromatic N) is 1. The minimum absolute atomic E-state index is 0.199. The molecular weight excluding hydrogens is 228 g/mol. The number of carbonyl (C=O) groups excluding carboxylic acids is 2. The summed E-state index contributed by atoms with van der Waals surface area (Å²) in [7, 11) is 0. The topological polar surface area (TPSA) is 63.4 Å². The molecule has 1 aromatic rings. The molecule has 1 aliphatic rings. The van der Waals surface area contributed by atoms with Crippen molar-refractivity contribution in [3.8, 4) is 0 Å². The first-order valence-corrected chi connectivity index (χ1v) is 6.01. The van der Waals surface area contributed by atoms with E-state index in [9.17, 15) is 9.59 Å². The number of rotatable bonds is 4. The van der Waals surface area contributed by atoms with Crippen molar-refractivity contribution in [1.29, 1.82) is 0 Å². The second-order valence-corrected chi connectivity index (χ2v) is 4.27. The van der Waals surface area contributed by atoms with Crippen LogP contribution in [0.3, 0.4) is 0 Å². The van der Waals surface area contributed by atoms with E-state index in [0.29, 0.717) is 30.5 Å². The normalized spacial score (nSPS) is 15.2. The average molecular weight is 244 g/mol. The summed E-state index contributed by atoms with van der Waals surface area (Å²) in [5.74, 6) is -0.399. The summed E-state index contributed by atoms with van der Waals surface area (Å²) >= 11 is 0. The highest BCUT2D eigenvalue weighted by atomic mass is 16.2. The maximum absolute atomic E-state index is 12.0. The number of amides is 2. The fourth-order valence-electron chi connectivity index (χ4n) is 2.03. The minimum Gasteiger partial charge on any atom is -0.402 e. The van der Waals surface area contributed by atoms with Gasteiger partial charge in [0.15, 0.2) is 0 Å². The number of hydrogen-bond acceptors (Lipinski definition) is 3. The molecule has 4 nitrogen and oxygen atoms in total. The molecule has 0 aromatic heterocycles. The highest BCUT2D eigenvalue weighted by Gasteiger charge is 2.34. The van der Waals surface area contributed by atoms with Crippen LogP contribution in [0.2, 0.25) is 0 Å². The third-order valence-electron chi connectivity index (χ3n) is 3.10. The van der Waals surface area contributed by atoms with Crippen LogP contribution in [0.5, 0.6) is 0 Å². The van der Waals surface area contributed by atoms with E-state index in [1.165, 1.54) is 4.90 Å². The highest BCUT2D eigenvalue weighted by Crippen LogP contribution is 2.22. The third kappa shape index (κ3) is 2.14. The van der Waals surface area contributed by atoms with Gasteiger partial charge in [0, 0.05) is 12.2 Å². The summed E-state index contributed by atoms with van der Waals surface area (Å²) in [4.78, 5) is 25.3. The average Bonchev–Trinajstić information content (AvgIpc) is 2.64. The lowest BCUT2D eigenvalue weighted by Crippen LogP contribution is -2.30. The van der Waals surface area contributed by atoms with Crippen molar-refractivity contribution in [3.63, 3.8) is 0 Å². The minimum atomic E-state index is -0.199. The fraction of sp³-hybridized carbons (Fsp3) is 0.286. The smallest absolute Gasteiger partial charge is 0.261 e. The van der Waals surface area contributed by atoms with Crippen molar-refractivity contribution in [2.45, 2.75) is 19.8 Å². The first-order chi connectivity index (χ1) is 8.65. The molecule has 1 heterocycles. The molecule has 1 aromatic carbocycles. The van der Waals surface area contributed by atoms with E-state index < -0.39 is 0 Å². The number of fused-ring (bicyclic) bond motifs is 1. The van der Waals surface area contributed by atoms with Gasteiger partial charge in [-0.15, -0.1) is 0 Å². The zero-order valence-electron chi connectivity index (χ0n) is 10.3. The molecular formula is C14H16N2O2. The van der Waals surface area contributed by atoms with Gasteiger partial charge in [-0.3, -0.25) is 14.5 Å². The number of benzene rings is 1. The second-order valence-electron chi connectivity index (χ2n) is 4.27. The molecule has 4 heteroatoms. The number of nitrogens with two attached hydrogens (primary N) is 1. The molecule has 0 radical (unpaired) electrons. The Bertz CT molecular complexity index is 485. The molecule has 0 bridgehead atoms. The zero-order chi connectivity index (χ0) is 13.1. The van der Waals surface area contributed by atoms with Crippen LogP contribution >= 0.6 is 0 Å². The Morgan fingerprint density at radius 1 is 1.22 bits per heavy atom. The van der Waals surface area contributed by atoms with Crippen LogP contribution < -0.4 is 5.73 Å². The molecule has 0 unspecified atom stereocenters. The fourth-order valence-corrected chi connectivity index (χ4v) is 2.03. The van der Waals surface area contributed by atoms with E-state index in [4.69, 9.17) is 5.73 Å². The molecule has 0 atom stereocenters. The van der Waals surface area contributed by atoms with Gasteiger partial charge in [0.1, 0.15) is 0 Å². The van der Waals surface area contributed by atoms with Crippen molar-refractivity contribution in [2.75, 3.05) is 6.54 Å². The van der Waals surface area contributed by atoms with Gasteiger partial charge < -0.3 is 5.73 Å². The van der Waals surface area contributed by atoms with E-state index in [0.717, 1.165) is 5.70 Å². The molecule has 0 aliphatic carbocycles. The summed E-state index contributed by atoms with van der Waals surface area (Å²) in [6.45, 7) is 2.29. The van der Waals surface area contributed by atoms with Gasteiger partial charge in [0.2, 0.25) is 0 Å². The summed E-state index contributed by atoms with van der Waals surface area (Å²) < 4.78 is 0. The second kappa shape index (κ2) is 5.04. The van der Waals surface area contributed by atoms with Crippen molar-refractivity contribution in [2.24, 2.45) is 5.73 Å². The van der Waals surface area contributed by atoms with Gasteiger partial charge >= 0.3 is 0 Å². The van der Waals surface area contributed by atoms with Gasteiger partial charge in [0.05, 0.1) is 11.1 Å². The Morgan fingerprint density at radius 3 is 2.28 bits per heavy atom. The van der Waals surface area contributed by atoms with Crippen LogP contribution in [0.1, 0.15) is 40.5 Å². The Kier molecular flexibility index (Phi) is 3.46. The van der Waals surface area contributed by atoms with Crippen molar-refractivity contribution >= 4 is 11.8 Å². The summed E-state index contributed by atoms with van der Waals surface area (Å²) in [5, 5.41) is 0. The van der Waals surface area contributed by atoms with Crippen LogP contribution in [-0.2, 0) is 0 Å². The standard InChI is InChI=1S/C14H16N2O2/c1-2-10(15)6-5-9-16-13(17)11-7-3-4-8-12(11)14(16)18/h2-4,7-8H,5-6,9,15H2,1H3. The molecule has 0 fully saturated rings. The molecule has 2 rings (SSSR count). The lowest BCUT2D eigenvalue weighted by atomic mass is 10.1. The quantitative estimate of drug-likeness (QED) is 0.823. The maximum Gasteiger partial charge on any atom is 0.261 e. The van der Waals surface area contributed by atoms with Gasteiger partial charge in [-0.1, -0.05) is 18.2 Å². The molecule has 2 N–H and O–H groups in total. The molecule has 0 spiro atoms. The zero-order valence-corrected chi connectivity index (χ0v) is 10.3. The van der Waals surface area contributed by atoms with Crippen molar-refractivity contribution in [3.05, 3.63) is 47.2 Å². The number of hydrogen-bond donors (Lipinski definition) is 1. The molecule has 94 valence electrons. The lowest BCUT2D eigenvalue weighted by Gasteiger charge is -2.13. The Hall–Kier alpha value is -2.10. The highest BCUT2D eigenvalue weighted by molar-refractivity contribution is 6.21. The van der Waals surface area contributed by atoms with Crippen LogP contribution in [-0.4, -0.2) is 23.3 Å². The first kappa shape index (κ1) is 12.4. The predicted molar refractivity (Wildman–Crippen MR) is 69.0 cm³/mol. The molecule has 2 amide bonds. The Labute approximate surface area is 106 Å². The molecule has 18 heavy (non-hydrogen) atoms. The van der Waals surface area contributed by atoms with Crippen molar-refractivity contribution in [1.82, 2.24) is 4.90 Å². The monoisotopic (exact) mass is 244 g/mol. The van der Waals surface area contributed by atoms with E-state index in [1.807, 2.05) is 13.0 Å². The van der Waals surface area contributed by atoms with Gasteiger partial charge in [-0.05, 0) is 31.9 Å². The van der Waals surface area contributed by atoms with Gasteiger partial charge in [-0.25, -0.2) is 0 Å². The lowest BCUT2D eigenvalue weighted by molar-refractivity contribution is 0.0652. The maximum atomic E-state index is 12.0. The first-order valence-electron chi connectivity index (χ1n) is 6.01. The predicted octanol–water partition coefficient (Wildman–Crippen LogP) is 1.93. The van der Waals surface area contributed by atoms with Gasteiger partial charge in [0.25, 0.3) is 11.8 Å². The number of carbonyl (C=O) groups is 2. The van der Waals surface area contributed by atoms with E-state index in [2.05, 4.69) is 0 Å². The number of imide groups is 1. The third-order valence-corrected chi connectivity index (χ3v) is 3.10. The summed E-state index contributed by atoms with van der Waals surface area (Å²) in [6.07, 6.45) is 3.23. The molecule has 0 saturated carbocycles. The van der Waals surface area contributed by atoms with Crippen LogP contribution in [0.4, 0.5) is 0 Å². The van der Waals surface area contributed by atoms with Crippen LogP contribution in [0.15, 0.2) is 36.0 Å². The van der Waals surface area contributed by atoms with Gasteiger partial charge in [-0.2, -0.15) is 0 Å². The van der Waals surface area contributed by atoms with Crippen LogP contribution in [0, 0.1) is 0 Å². The Balaban J connectivity index is 2.05. The summed E-state index contributed by atoms with van der Waals surface area (Å²) in [5.41, 5.74) is 7.47. The Morgan fingerprint density at radius 2 is 1.78 bits per heavy atom. The largest absolute Gasteiger partial charge is 0.402 e. The number of allylic oxidation sites excluding steroid dienone is 2. The summed E-state index contributed by atoms with van der Waals surface area (Å²) in [6, 6.07) is 6.92. The molecule has 0 saturated heterocycles. The SMILES string of the molecule is CC=C(N)CCCN1C(=O)c2ccccc2C1=O. The van der Waals surface area contributed by atoms with E-state index >= 15 is 0 Å². The van der Waals surface area contributed by atoms with Crippen molar-refractivity contribution < 1.29 is 9.59 Å².